The summed E-state index contributed by atoms with van der Waals surface area (Å²) < 4.78 is 0. The van der Waals surface area contributed by atoms with Crippen molar-refractivity contribution in [2.45, 2.75) is 81.6 Å². The van der Waals surface area contributed by atoms with Crippen molar-refractivity contribution >= 4 is 6.03 Å². The molecule has 5 aliphatic rings. The number of amides is 2. The average Bonchev–Trinajstić information content (AvgIpc) is 2.93. The summed E-state index contributed by atoms with van der Waals surface area (Å²) in [4.78, 5) is 15.3. The summed E-state index contributed by atoms with van der Waals surface area (Å²) >= 11 is 0. The number of aliphatic hydroxyl groups is 1. The Bertz CT molecular complexity index is 723. The van der Waals surface area contributed by atoms with Gasteiger partial charge in [-0.15, -0.1) is 0 Å². The zero-order valence-electron chi connectivity index (χ0n) is 16.9. The highest BCUT2D eigenvalue weighted by Gasteiger charge is 2.57. The number of hydrogen-bond donors (Lipinski definition) is 3. The zero-order valence-corrected chi connectivity index (χ0v) is 16.9. The minimum absolute atomic E-state index is 0.0380. The molecule has 1 aromatic rings. The van der Waals surface area contributed by atoms with Crippen LogP contribution in [0.2, 0.25) is 0 Å². The molecule has 4 bridgehead atoms. The Morgan fingerprint density at radius 1 is 1.18 bits per heavy atom. The lowest BCUT2D eigenvalue weighted by atomic mass is 9.51. The molecule has 1 aromatic carbocycles. The van der Waals surface area contributed by atoms with E-state index in [-0.39, 0.29) is 17.6 Å². The number of carbonyl (C=O) groups is 1. The van der Waals surface area contributed by atoms with Crippen LogP contribution in [0.15, 0.2) is 30.3 Å². The van der Waals surface area contributed by atoms with Crippen molar-refractivity contribution in [2.24, 2.45) is 11.8 Å². The van der Waals surface area contributed by atoms with Crippen LogP contribution < -0.4 is 10.6 Å². The fraction of sp³-hybridized carbons (Fsp3) is 0.696. The van der Waals surface area contributed by atoms with E-state index in [0.717, 1.165) is 51.6 Å². The molecule has 0 spiro atoms. The molecular formula is C23H33N3O2. The van der Waals surface area contributed by atoms with Gasteiger partial charge in [0, 0.05) is 30.7 Å². The zero-order chi connectivity index (χ0) is 19.4. The molecule has 4 saturated carbocycles. The number of urea groups is 1. The highest BCUT2D eigenvalue weighted by molar-refractivity contribution is 5.75. The Balaban J connectivity index is 1.19. The second kappa shape index (κ2) is 6.74. The van der Waals surface area contributed by atoms with Crippen LogP contribution in [0, 0.1) is 11.8 Å². The number of nitrogens with one attached hydrogen (secondary N) is 2. The number of carbonyl (C=O) groups excluding carboxylic acids is 1. The van der Waals surface area contributed by atoms with Gasteiger partial charge in [0.1, 0.15) is 0 Å². The molecule has 5 fully saturated rings. The third kappa shape index (κ3) is 3.43. The molecule has 0 aromatic heterocycles. The van der Waals surface area contributed by atoms with Crippen LogP contribution in [0.1, 0.15) is 57.4 Å². The van der Waals surface area contributed by atoms with E-state index in [1.54, 1.807) is 0 Å². The van der Waals surface area contributed by atoms with E-state index in [4.69, 9.17) is 0 Å². The summed E-state index contributed by atoms with van der Waals surface area (Å²) in [6, 6.07) is 11.0. The van der Waals surface area contributed by atoms with Crippen LogP contribution in [-0.2, 0) is 6.54 Å². The topological polar surface area (TPSA) is 64.6 Å². The summed E-state index contributed by atoms with van der Waals surface area (Å²) in [5.41, 5.74) is 0.597. The third-order valence-electron chi connectivity index (χ3n) is 7.84. The fourth-order valence-electron chi connectivity index (χ4n) is 7.04. The van der Waals surface area contributed by atoms with E-state index in [0.29, 0.717) is 17.9 Å². The van der Waals surface area contributed by atoms with E-state index >= 15 is 0 Å². The Kier molecular flexibility index (Phi) is 4.44. The SMILES string of the molecule is CC1C(NC(=O)NC23CC4CC(CC(O)(C4)C2)C3)CCN1Cc1ccccc1. The van der Waals surface area contributed by atoms with Crippen LogP contribution in [0.5, 0.6) is 0 Å². The van der Waals surface area contributed by atoms with Gasteiger partial charge in [-0.3, -0.25) is 4.90 Å². The summed E-state index contributed by atoms with van der Waals surface area (Å²) in [6.45, 7) is 4.16. The van der Waals surface area contributed by atoms with Crippen molar-refractivity contribution in [2.75, 3.05) is 6.54 Å². The van der Waals surface area contributed by atoms with Gasteiger partial charge in [0.05, 0.1) is 5.60 Å². The standard InChI is InChI=1S/C23H33N3O2/c1-16-20(7-8-26(16)14-17-5-3-2-4-6-17)24-21(27)25-22-10-18-9-19(11-22)13-23(28,12-18)15-22/h2-6,16,18-20,28H,7-15H2,1H3,(H2,24,25,27). The van der Waals surface area contributed by atoms with E-state index in [1.807, 2.05) is 6.07 Å². The molecule has 6 rings (SSSR count). The van der Waals surface area contributed by atoms with Crippen LogP contribution >= 0.6 is 0 Å². The maximum absolute atomic E-state index is 12.9. The molecule has 5 heteroatoms. The Morgan fingerprint density at radius 2 is 1.89 bits per heavy atom. The highest BCUT2D eigenvalue weighted by atomic mass is 16.3. The number of benzene rings is 1. The fourth-order valence-corrected chi connectivity index (χ4v) is 7.04. The minimum atomic E-state index is -0.537. The molecule has 2 amide bonds. The maximum Gasteiger partial charge on any atom is 0.315 e. The van der Waals surface area contributed by atoms with Crippen molar-refractivity contribution in [1.82, 2.24) is 15.5 Å². The maximum atomic E-state index is 12.9. The molecule has 28 heavy (non-hydrogen) atoms. The predicted molar refractivity (Wildman–Crippen MR) is 109 cm³/mol. The van der Waals surface area contributed by atoms with E-state index in [2.05, 4.69) is 46.7 Å². The molecule has 3 N–H and O–H groups in total. The number of likely N-dealkylation sites (tertiary alicyclic amines) is 1. The van der Waals surface area contributed by atoms with Crippen LogP contribution in [-0.4, -0.2) is 45.8 Å². The highest BCUT2D eigenvalue weighted by Crippen LogP contribution is 2.57. The van der Waals surface area contributed by atoms with Crippen molar-refractivity contribution in [3.63, 3.8) is 0 Å². The lowest BCUT2D eigenvalue weighted by molar-refractivity contribution is -0.139. The van der Waals surface area contributed by atoms with Gasteiger partial charge in [-0.25, -0.2) is 4.79 Å². The van der Waals surface area contributed by atoms with Gasteiger partial charge >= 0.3 is 6.03 Å². The van der Waals surface area contributed by atoms with Crippen molar-refractivity contribution in [3.8, 4) is 0 Å². The lowest BCUT2D eigenvalue weighted by Gasteiger charge is -2.60. The normalized spacial score (nSPS) is 41.9. The summed E-state index contributed by atoms with van der Waals surface area (Å²) in [7, 11) is 0. The molecule has 152 valence electrons. The minimum Gasteiger partial charge on any atom is -0.390 e. The monoisotopic (exact) mass is 383 g/mol. The first-order valence-corrected chi connectivity index (χ1v) is 11.0. The van der Waals surface area contributed by atoms with Gasteiger partial charge in [-0.05, 0) is 69.3 Å². The third-order valence-corrected chi connectivity index (χ3v) is 7.84. The first-order chi connectivity index (χ1) is 13.4. The molecule has 4 aliphatic carbocycles. The molecule has 5 nitrogen and oxygen atoms in total. The average molecular weight is 384 g/mol. The summed E-state index contributed by atoms with van der Waals surface area (Å²) in [5, 5.41) is 17.5. The Hall–Kier alpha value is -1.59. The molecule has 1 aliphatic heterocycles. The molecule has 1 heterocycles. The lowest BCUT2D eigenvalue weighted by Crippen LogP contribution is -2.67. The molecule has 1 saturated heterocycles. The number of hydrogen-bond acceptors (Lipinski definition) is 3. The molecule has 0 radical (unpaired) electrons. The summed E-state index contributed by atoms with van der Waals surface area (Å²) in [6.07, 6.45) is 6.91. The Morgan fingerprint density at radius 3 is 2.57 bits per heavy atom. The van der Waals surface area contributed by atoms with Gasteiger partial charge in [-0.1, -0.05) is 30.3 Å². The number of rotatable bonds is 4. The van der Waals surface area contributed by atoms with Gasteiger partial charge in [0.15, 0.2) is 0 Å². The van der Waals surface area contributed by atoms with Crippen molar-refractivity contribution in [3.05, 3.63) is 35.9 Å². The van der Waals surface area contributed by atoms with Crippen LogP contribution in [0.4, 0.5) is 4.79 Å². The first kappa shape index (κ1) is 18.4. The smallest absolute Gasteiger partial charge is 0.315 e. The van der Waals surface area contributed by atoms with Gasteiger partial charge in [0.2, 0.25) is 0 Å². The second-order valence-electron chi connectivity index (χ2n) is 10.2. The largest absolute Gasteiger partial charge is 0.390 e. The number of nitrogens with zero attached hydrogens (tertiary/aromatic N) is 1. The van der Waals surface area contributed by atoms with Gasteiger partial charge < -0.3 is 15.7 Å². The van der Waals surface area contributed by atoms with Crippen molar-refractivity contribution in [1.29, 1.82) is 0 Å². The molecule has 4 unspecified atom stereocenters. The van der Waals surface area contributed by atoms with E-state index in [1.165, 1.54) is 12.0 Å². The summed E-state index contributed by atoms with van der Waals surface area (Å²) in [5.74, 6) is 1.16. The van der Waals surface area contributed by atoms with E-state index < -0.39 is 5.60 Å². The van der Waals surface area contributed by atoms with Crippen LogP contribution in [0.25, 0.3) is 0 Å². The Labute approximate surface area is 167 Å². The predicted octanol–water partition coefficient (Wildman–Crippen LogP) is 3.03. The van der Waals surface area contributed by atoms with Gasteiger partial charge in [-0.2, -0.15) is 0 Å². The van der Waals surface area contributed by atoms with E-state index in [9.17, 15) is 9.90 Å². The van der Waals surface area contributed by atoms with Gasteiger partial charge in [0.25, 0.3) is 0 Å². The molecule has 4 atom stereocenters. The molecular weight excluding hydrogens is 350 g/mol. The quantitative estimate of drug-likeness (QED) is 0.749. The first-order valence-electron chi connectivity index (χ1n) is 11.0. The van der Waals surface area contributed by atoms with Crippen molar-refractivity contribution < 1.29 is 9.90 Å². The second-order valence-corrected chi connectivity index (χ2v) is 10.2. The van der Waals surface area contributed by atoms with Crippen LogP contribution in [0.3, 0.4) is 0 Å².